The Labute approximate surface area is 166 Å². The lowest BCUT2D eigenvalue weighted by atomic mass is 10.2. The monoisotopic (exact) mass is 384 g/mol. The summed E-state index contributed by atoms with van der Waals surface area (Å²) in [4.78, 5) is 30.7. The van der Waals surface area contributed by atoms with Gasteiger partial charge < -0.3 is 9.47 Å². The van der Waals surface area contributed by atoms with E-state index < -0.39 is 11.6 Å². The minimum absolute atomic E-state index is 0.255. The molecule has 0 unspecified atom stereocenters. The van der Waals surface area contributed by atoms with Crippen molar-refractivity contribution < 1.29 is 23.9 Å². The normalized spacial score (nSPS) is 9.26. The van der Waals surface area contributed by atoms with Gasteiger partial charge in [0.2, 0.25) is 5.78 Å². The Kier molecular flexibility index (Phi) is 31.4. The summed E-state index contributed by atoms with van der Waals surface area (Å²) in [5.41, 5.74) is 0. The van der Waals surface area contributed by atoms with Crippen molar-refractivity contribution in [2.24, 2.45) is 0 Å². The van der Waals surface area contributed by atoms with Crippen LogP contribution in [0.1, 0.15) is 75.7 Å². The van der Waals surface area contributed by atoms with E-state index in [9.17, 15) is 14.4 Å². The summed E-state index contributed by atoms with van der Waals surface area (Å²) in [5, 5.41) is 0. The largest absolute Gasteiger partial charge is 0.486 e. The van der Waals surface area contributed by atoms with Crippen LogP contribution in [0, 0.1) is 0 Å². The predicted molar refractivity (Wildman–Crippen MR) is 114 cm³/mol. The van der Waals surface area contributed by atoms with Crippen molar-refractivity contribution in [2.45, 2.75) is 75.7 Å². The number of para-hydroxylation sites is 2. The van der Waals surface area contributed by atoms with Gasteiger partial charge >= 0.3 is 0 Å². The van der Waals surface area contributed by atoms with Crippen LogP contribution in [0.3, 0.4) is 0 Å². The summed E-state index contributed by atoms with van der Waals surface area (Å²) < 4.78 is 10.6. The van der Waals surface area contributed by atoms with E-state index in [2.05, 4.69) is 0 Å². The molecule has 0 aliphatic carbocycles. The number of ether oxygens (including phenoxy) is 2. The second kappa shape index (κ2) is 26.1. The Morgan fingerprint density at radius 1 is 0.741 bits per heavy atom. The van der Waals surface area contributed by atoms with E-state index in [0.717, 1.165) is 18.4 Å². The number of carbonyl (C=O) groups excluding carboxylic acids is 3. The number of carbonyl (C=O) groups is 3. The second-order valence-electron chi connectivity index (χ2n) is 4.00. The number of fused-ring (bicyclic) bond motifs is 1. The molecule has 5 heteroatoms. The Bertz CT molecular complexity index is 456. The maximum Gasteiger partial charge on any atom is 0.205 e. The first kappa shape index (κ1) is 32.5. The molecule has 0 atom stereocenters. The van der Waals surface area contributed by atoms with Crippen LogP contribution in [0.15, 0.2) is 24.3 Å². The zero-order valence-corrected chi connectivity index (χ0v) is 19.0. The highest BCUT2D eigenvalue weighted by Crippen LogP contribution is 2.28. The minimum Gasteiger partial charge on any atom is -0.486 e. The van der Waals surface area contributed by atoms with Crippen LogP contribution in [0.2, 0.25) is 0 Å². The average Bonchev–Trinajstić information content (AvgIpc) is 2.74. The summed E-state index contributed by atoms with van der Waals surface area (Å²) in [7, 11) is 0. The average molecular weight is 385 g/mol. The zero-order valence-electron chi connectivity index (χ0n) is 19.0. The minimum atomic E-state index is -0.609. The maximum absolute atomic E-state index is 10.4. The molecular weight excluding hydrogens is 344 g/mol. The molecule has 0 saturated carbocycles. The van der Waals surface area contributed by atoms with Gasteiger partial charge in [0.25, 0.3) is 0 Å². The Balaban J connectivity index is -0.000000144. The molecule has 2 rings (SSSR count). The fraction of sp³-hybridized carbons (Fsp3) is 0.591. The molecule has 5 nitrogen and oxygen atoms in total. The number of hydrogen-bond donors (Lipinski definition) is 0. The predicted octanol–water partition coefficient (Wildman–Crippen LogP) is 5.69. The Morgan fingerprint density at radius 2 is 1.07 bits per heavy atom. The number of hydrogen-bond acceptors (Lipinski definition) is 5. The van der Waals surface area contributed by atoms with Crippen molar-refractivity contribution in [3.63, 3.8) is 0 Å². The molecule has 1 aliphatic heterocycles. The van der Waals surface area contributed by atoms with Crippen molar-refractivity contribution >= 4 is 17.3 Å². The molecule has 1 aliphatic rings. The van der Waals surface area contributed by atoms with Gasteiger partial charge in [0.05, 0.1) is 6.42 Å². The summed E-state index contributed by atoms with van der Waals surface area (Å²) in [6.07, 6.45) is -0.255. The summed E-state index contributed by atoms with van der Waals surface area (Å²) in [5.74, 6) is 0.283. The number of rotatable bonds is 3. The van der Waals surface area contributed by atoms with E-state index in [0.29, 0.717) is 13.2 Å². The van der Waals surface area contributed by atoms with Gasteiger partial charge in [-0.25, -0.2) is 0 Å². The van der Waals surface area contributed by atoms with Gasteiger partial charge in [-0.3, -0.25) is 14.4 Å². The van der Waals surface area contributed by atoms with Crippen LogP contribution in [0.5, 0.6) is 11.5 Å². The number of Topliss-reactive ketones (excluding diaryl/α,β-unsaturated/α-hetero) is 3. The van der Waals surface area contributed by atoms with Crippen molar-refractivity contribution in [1.29, 1.82) is 0 Å². The standard InChI is InChI=1S/C8H8O2.C6H8O3.4C2H6/c1-2-4-8-7(3-1)9-5-6-10-8;1-4(7)3-6(9)5(2)8;4*1-2/h1-4H,5-6H2;3H2,1-2H3;4*1-2H3. The van der Waals surface area contributed by atoms with E-state index in [4.69, 9.17) is 9.47 Å². The first-order valence-electron chi connectivity index (χ1n) is 9.88. The topological polar surface area (TPSA) is 69.7 Å². The highest BCUT2D eigenvalue weighted by Gasteiger charge is 2.09. The summed E-state index contributed by atoms with van der Waals surface area (Å²) in [6.45, 7) is 19.8. The van der Waals surface area contributed by atoms with Crippen LogP contribution < -0.4 is 9.47 Å². The highest BCUT2D eigenvalue weighted by atomic mass is 16.6. The van der Waals surface area contributed by atoms with Gasteiger partial charge in [0.15, 0.2) is 17.3 Å². The van der Waals surface area contributed by atoms with Crippen LogP contribution in [-0.2, 0) is 14.4 Å². The highest BCUT2D eigenvalue weighted by molar-refractivity contribution is 6.39. The number of benzene rings is 1. The molecule has 158 valence electrons. The molecule has 1 aromatic carbocycles. The number of ketones is 3. The van der Waals surface area contributed by atoms with E-state index in [1.165, 1.54) is 6.92 Å². The lowest BCUT2D eigenvalue weighted by Crippen LogP contribution is -2.14. The lowest BCUT2D eigenvalue weighted by molar-refractivity contribution is -0.137. The van der Waals surface area contributed by atoms with Crippen molar-refractivity contribution in [3.8, 4) is 11.5 Å². The van der Waals surface area contributed by atoms with Gasteiger partial charge in [-0.2, -0.15) is 0 Å². The molecule has 0 fully saturated rings. The van der Waals surface area contributed by atoms with Crippen molar-refractivity contribution in [3.05, 3.63) is 24.3 Å². The van der Waals surface area contributed by atoms with E-state index in [1.54, 1.807) is 0 Å². The molecule has 27 heavy (non-hydrogen) atoms. The second-order valence-corrected chi connectivity index (χ2v) is 4.00. The Morgan fingerprint density at radius 3 is 1.30 bits per heavy atom. The third-order valence-corrected chi connectivity index (χ3v) is 2.25. The molecule has 0 saturated heterocycles. The Hall–Kier alpha value is -2.17. The molecule has 1 aromatic rings. The first-order valence-corrected chi connectivity index (χ1v) is 9.88. The fourth-order valence-corrected chi connectivity index (χ4v) is 1.34. The fourth-order valence-electron chi connectivity index (χ4n) is 1.34. The van der Waals surface area contributed by atoms with Crippen LogP contribution >= 0.6 is 0 Å². The van der Waals surface area contributed by atoms with E-state index >= 15 is 0 Å². The lowest BCUT2D eigenvalue weighted by Gasteiger charge is -2.17. The van der Waals surface area contributed by atoms with Crippen molar-refractivity contribution in [1.82, 2.24) is 0 Å². The van der Waals surface area contributed by atoms with Crippen molar-refractivity contribution in [2.75, 3.05) is 13.2 Å². The molecular formula is C22H40O5. The molecule has 0 spiro atoms. The molecule has 0 aromatic heterocycles. The van der Waals surface area contributed by atoms with Gasteiger partial charge in [-0.1, -0.05) is 67.5 Å². The quantitative estimate of drug-likeness (QED) is 0.495. The van der Waals surface area contributed by atoms with Gasteiger partial charge in [0.1, 0.15) is 19.0 Å². The smallest absolute Gasteiger partial charge is 0.205 e. The van der Waals surface area contributed by atoms with E-state index in [-0.39, 0.29) is 12.2 Å². The van der Waals surface area contributed by atoms with E-state index in [1.807, 2.05) is 79.7 Å². The molecule has 0 N–H and O–H groups in total. The molecule has 0 bridgehead atoms. The van der Waals surface area contributed by atoms with Crippen LogP contribution in [-0.4, -0.2) is 30.6 Å². The van der Waals surface area contributed by atoms with Crippen LogP contribution in [0.25, 0.3) is 0 Å². The molecule has 0 amide bonds. The summed E-state index contributed by atoms with van der Waals surface area (Å²) in [6, 6.07) is 7.70. The third-order valence-electron chi connectivity index (χ3n) is 2.25. The van der Waals surface area contributed by atoms with Gasteiger partial charge in [-0.15, -0.1) is 0 Å². The van der Waals surface area contributed by atoms with Gasteiger partial charge in [0, 0.05) is 6.92 Å². The first-order chi connectivity index (χ1) is 13.0. The van der Waals surface area contributed by atoms with Crippen LogP contribution in [0.4, 0.5) is 0 Å². The van der Waals surface area contributed by atoms with Gasteiger partial charge in [-0.05, 0) is 19.1 Å². The SMILES string of the molecule is CC.CC.CC.CC.CC(=O)CC(=O)C(C)=O.c1ccc2c(c1)OCCO2. The third kappa shape index (κ3) is 20.0. The zero-order chi connectivity index (χ0) is 22.3. The summed E-state index contributed by atoms with van der Waals surface area (Å²) >= 11 is 0. The molecule has 0 radical (unpaired) electrons. The molecule has 1 heterocycles. The maximum atomic E-state index is 10.4.